The monoisotopic (exact) mass is 354 g/mol. The van der Waals surface area contributed by atoms with Crippen LogP contribution in [0.2, 0.25) is 0 Å². The Labute approximate surface area is 147 Å². The largest absolute Gasteiger partial charge is 0.460 e. The van der Waals surface area contributed by atoms with Crippen molar-refractivity contribution in [3.05, 3.63) is 12.2 Å². The highest BCUT2D eigenvalue weighted by Gasteiger charge is 2.38. The van der Waals surface area contributed by atoms with Gasteiger partial charge in [0.2, 0.25) is 0 Å². The molecular weight excluding hydrogens is 328 g/mol. The second-order valence-corrected chi connectivity index (χ2v) is 5.98. The Morgan fingerprint density at radius 2 is 1.92 bits per heavy atom. The number of ether oxygens (including phenoxy) is 3. The Morgan fingerprint density at radius 1 is 1.28 bits per heavy atom. The van der Waals surface area contributed by atoms with Crippen molar-refractivity contribution in [3.63, 3.8) is 0 Å². The van der Waals surface area contributed by atoms with E-state index in [1.807, 2.05) is 6.92 Å². The number of aliphatic hydroxyl groups is 2. The van der Waals surface area contributed by atoms with Gasteiger partial charge in [-0.2, -0.15) is 0 Å². The standard InChI is InChI=1S/C18H26O7/c1-5-7-8-16-18(24-12(4)20)10-14(22)13(21)9-17(25-16)15(6-2)23-11(3)19/h1,7-8,13-18,21-22H,6,9-10H2,2-4H3. The number of esters is 2. The highest BCUT2D eigenvalue weighted by Crippen LogP contribution is 2.26. The molecule has 1 fully saturated rings. The molecule has 0 aromatic rings. The van der Waals surface area contributed by atoms with Crippen molar-refractivity contribution in [2.45, 2.75) is 76.7 Å². The molecule has 25 heavy (non-hydrogen) atoms. The van der Waals surface area contributed by atoms with Crippen LogP contribution >= 0.6 is 0 Å². The molecule has 7 nitrogen and oxygen atoms in total. The average molecular weight is 354 g/mol. The lowest BCUT2D eigenvalue weighted by molar-refractivity contribution is -0.184. The summed E-state index contributed by atoms with van der Waals surface area (Å²) in [5, 5.41) is 20.4. The van der Waals surface area contributed by atoms with Gasteiger partial charge in [-0.3, -0.25) is 9.59 Å². The summed E-state index contributed by atoms with van der Waals surface area (Å²) >= 11 is 0. The van der Waals surface area contributed by atoms with Crippen LogP contribution < -0.4 is 0 Å². The van der Waals surface area contributed by atoms with E-state index < -0.39 is 48.6 Å². The lowest BCUT2D eigenvalue weighted by atomic mass is 9.93. The van der Waals surface area contributed by atoms with Gasteiger partial charge in [0.05, 0.1) is 18.3 Å². The topological polar surface area (TPSA) is 102 Å². The number of carbonyl (C=O) groups excluding carboxylic acids is 2. The third kappa shape index (κ3) is 6.86. The number of hydrogen-bond acceptors (Lipinski definition) is 7. The summed E-state index contributed by atoms with van der Waals surface area (Å²) in [6.07, 6.45) is 3.62. The first kappa shape index (κ1) is 21.2. The van der Waals surface area contributed by atoms with Crippen molar-refractivity contribution in [2.75, 3.05) is 0 Å². The van der Waals surface area contributed by atoms with Crippen LogP contribution in [0.25, 0.3) is 0 Å². The van der Waals surface area contributed by atoms with E-state index in [0.29, 0.717) is 6.42 Å². The van der Waals surface area contributed by atoms with Crippen molar-refractivity contribution in [1.29, 1.82) is 0 Å². The number of allylic oxidation sites excluding steroid dienone is 1. The Hall–Kier alpha value is -1.88. The SMILES string of the molecule is C#CC=CC1OC(C(CC)OC(C)=O)CC(O)C(O)CC1OC(C)=O. The third-order valence-corrected chi connectivity index (χ3v) is 3.92. The second-order valence-electron chi connectivity index (χ2n) is 5.98. The summed E-state index contributed by atoms with van der Waals surface area (Å²) in [6.45, 7) is 4.34. The highest BCUT2D eigenvalue weighted by molar-refractivity contribution is 5.66. The lowest BCUT2D eigenvalue weighted by Gasteiger charge is -2.37. The summed E-state index contributed by atoms with van der Waals surface area (Å²) in [4.78, 5) is 22.7. The van der Waals surface area contributed by atoms with Gasteiger partial charge in [0.1, 0.15) is 18.3 Å². The minimum atomic E-state index is -1.12. The molecule has 0 aromatic carbocycles. The van der Waals surface area contributed by atoms with Crippen LogP contribution in [-0.4, -0.2) is 58.8 Å². The summed E-state index contributed by atoms with van der Waals surface area (Å²) in [7, 11) is 0. The van der Waals surface area contributed by atoms with Crippen LogP contribution in [0, 0.1) is 12.3 Å². The molecular formula is C18H26O7. The molecule has 1 rings (SSSR count). The molecule has 1 aliphatic heterocycles. The molecule has 1 aliphatic rings. The smallest absolute Gasteiger partial charge is 0.303 e. The summed E-state index contributed by atoms with van der Waals surface area (Å²) in [5.74, 6) is 1.32. The molecule has 6 unspecified atom stereocenters. The maximum Gasteiger partial charge on any atom is 0.303 e. The minimum Gasteiger partial charge on any atom is -0.460 e. The molecule has 0 bridgehead atoms. The van der Waals surface area contributed by atoms with Crippen LogP contribution in [0.1, 0.15) is 40.0 Å². The van der Waals surface area contributed by atoms with Crippen LogP contribution in [0.15, 0.2) is 12.2 Å². The quantitative estimate of drug-likeness (QED) is 0.554. The van der Waals surface area contributed by atoms with Gasteiger partial charge in [-0.25, -0.2) is 0 Å². The molecule has 0 aromatic heterocycles. The van der Waals surface area contributed by atoms with E-state index in [9.17, 15) is 19.8 Å². The molecule has 1 heterocycles. The van der Waals surface area contributed by atoms with Gasteiger partial charge in [0.15, 0.2) is 0 Å². The fourth-order valence-corrected chi connectivity index (χ4v) is 2.79. The Bertz CT molecular complexity index is 522. The van der Waals surface area contributed by atoms with Gasteiger partial charge in [0.25, 0.3) is 0 Å². The molecule has 0 saturated carbocycles. The molecule has 2 N–H and O–H groups in total. The van der Waals surface area contributed by atoms with Crippen molar-refractivity contribution in [1.82, 2.24) is 0 Å². The van der Waals surface area contributed by atoms with Gasteiger partial charge >= 0.3 is 11.9 Å². The van der Waals surface area contributed by atoms with E-state index in [-0.39, 0.29) is 12.8 Å². The van der Waals surface area contributed by atoms with E-state index in [0.717, 1.165) is 0 Å². The number of rotatable bonds is 5. The Kier molecular flexibility index (Phi) is 8.62. The highest BCUT2D eigenvalue weighted by atomic mass is 16.6. The number of terminal acetylenes is 1. The average Bonchev–Trinajstić information content (AvgIpc) is 2.52. The van der Waals surface area contributed by atoms with E-state index in [1.54, 1.807) is 6.08 Å². The molecule has 6 atom stereocenters. The first-order valence-corrected chi connectivity index (χ1v) is 8.27. The van der Waals surface area contributed by atoms with Crippen LogP contribution in [-0.2, 0) is 23.8 Å². The first-order chi connectivity index (χ1) is 11.8. The maximum atomic E-state index is 11.4. The molecule has 0 radical (unpaired) electrons. The fourth-order valence-electron chi connectivity index (χ4n) is 2.79. The van der Waals surface area contributed by atoms with Crippen molar-refractivity contribution < 1.29 is 34.0 Å². The Morgan fingerprint density at radius 3 is 2.44 bits per heavy atom. The normalized spacial score (nSPS) is 31.4. The molecule has 1 saturated heterocycles. The Balaban J connectivity index is 3.13. The molecule has 7 heteroatoms. The lowest BCUT2D eigenvalue weighted by Crippen LogP contribution is -2.48. The first-order valence-electron chi connectivity index (χ1n) is 8.27. The summed E-state index contributed by atoms with van der Waals surface area (Å²) < 4.78 is 16.5. The maximum absolute atomic E-state index is 11.4. The van der Waals surface area contributed by atoms with E-state index >= 15 is 0 Å². The van der Waals surface area contributed by atoms with Crippen molar-refractivity contribution in [2.24, 2.45) is 0 Å². The number of aliphatic hydroxyl groups excluding tert-OH is 2. The number of carbonyl (C=O) groups is 2. The number of hydrogen-bond donors (Lipinski definition) is 2. The van der Waals surface area contributed by atoms with Crippen LogP contribution in [0.5, 0.6) is 0 Å². The van der Waals surface area contributed by atoms with Crippen LogP contribution in [0.4, 0.5) is 0 Å². The molecule has 140 valence electrons. The molecule has 0 aliphatic carbocycles. The van der Waals surface area contributed by atoms with E-state index in [1.165, 1.54) is 19.9 Å². The van der Waals surface area contributed by atoms with Gasteiger partial charge in [-0.15, -0.1) is 6.42 Å². The molecule has 0 spiro atoms. The van der Waals surface area contributed by atoms with Gasteiger partial charge in [-0.05, 0) is 18.6 Å². The van der Waals surface area contributed by atoms with Crippen molar-refractivity contribution in [3.8, 4) is 12.3 Å². The predicted molar refractivity (Wildman–Crippen MR) is 89.3 cm³/mol. The zero-order valence-electron chi connectivity index (χ0n) is 14.8. The third-order valence-electron chi connectivity index (χ3n) is 3.92. The van der Waals surface area contributed by atoms with Crippen LogP contribution in [0.3, 0.4) is 0 Å². The van der Waals surface area contributed by atoms with E-state index in [2.05, 4.69) is 5.92 Å². The second kappa shape index (κ2) is 10.2. The fraction of sp³-hybridized carbons (Fsp3) is 0.667. The van der Waals surface area contributed by atoms with Gasteiger partial charge in [0, 0.05) is 26.7 Å². The molecule has 0 amide bonds. The zero-order valence-corrected chi connectivity index (χ0v) is 14.8. The summed E-state index contributed by atoms with van der Waals surface area (Å²) in [5.41, 5.74) is 0. The zero-order chi connectivity index (χ0) is 19.0. The minimum absolute atomic E-state index is 0.00258. The van der Waals surface area contributed by atoms with Gasteiger partial charge < -0.3 is 24.4 Å². The van der Waals surface area contributed by atoms with Crippen molar-refractivity contribution >= 4 is 11.9 Å². The summed E-state index contributed by atoms with van der Waals surface area (Å²) in [6, 6.07) is 0. The van der Waals surface area contributed by atoms with E-state index in [4.69, 9.17) is 20.6 Å². The predicted octanol–water partition coefficient (Wildman–Crippen LogP) is 0.719. The van der Waals surface area contributed by atoms with Gasteiger partial charge in [-0.1, -0.05) is 12.8 Å².